The van der Waals surface area contributed by atoms with E-state index in [1.807, 2.05) is 0 Å². The van der Waals surface area contributed by atoms with Gasteiger partial charge in [0, 0.05) is 31.1 Å². The van der Waals surface area contributed by atoms with Crippen LogP contribution in [0.15, 0.2) is 0 Å². The maximum Gasteiger partial charge on any atom is 0.220 e. The first kappa shape index (κ1) is 15.8. The van der Waals surface area contributed by atoms with Gasteiger partial charge in [0.25, 0.3) is 0 Å². The molecule has 3 N–H and O–H groups in total. The number of carbonyl (C=O) groups excluding carboxylic acids is 1. The Balaban J connectivity index is 1.65. The van der Waals surface area contributed by atoms with Crippen molar-refractivity contribution in [2.24, 2.45) is 11.7 Å². The van der Waals surface area contributed by atoms with Crippen molar-refractivity contribution in [2.75, 3.05) is 13.6 Å². The van der Waals surface area contributed by atoms with E-state index in [2.05, 4.69) is 24.2 Å². The van der Waals surface area contributed by atoms with Crippen LogP contribution >= 0.6 is 0 Å². The first-order chi connectivity index (χ1) is 9.54. The Hall–Kier alpha value is -0.610. The molecule has 1 saturated heterocycles. The number of amides is 1. The van der Waals surface area contributed by atoms with Crippen LogP contribution in [0.3, 0.4) is 0 Å². The van der Waals surface area contributed by atoms with E-state index in [1.54, 1.807) is 0 Å². The average molecular weight is 281 g/mol. The Morgan fingerprint density at radius 2 is 2.10 bits per heavy atom. The summed E-state index contributed by atoms with van der Waals surface area (Å²) in [6.07, 6.45) is 8.62. The second-order valence-corrected chi connectivity index (χ2v) is 6.95. The van der Waals surface area contributed by atoms with Gasteiger partial charge in [0.15, 0.2) is 0 Å². The van der Waals surface area contributed by atoms with Crippen LogP contribution in [0.1, 0.15) is 58.3 Å². The van der Waals surface area contributed by atoms with Gasteiger partial charge >= 0.3 is 0 Å². The van der Waals surface area contributed by atoms with Gasteiger partial charge in [0.1, 0.15) is 0 Å². The molecule has 0 aromatic heterocycles. The fraction of sp³-hybridized carbons (Fsp3) is 0.938. The summed E-state index contributed by atoms with van der Waals surface area (Å²) < 4.78 is 0. The maximum absolute atomic E-state index is 12.1. The second-order valence-electron chi connectivity index (χ2n) is 6.95. The summed E-state index contributed by atoms with van der Waals surface area (Å²) in [5.41, 5.74) is 6.00. The predicted molar refractivity (Wildman–Crippen MR) is 82.4 cm³/mol. The zero-order valence-electron chi connectivity index (χ0n) is 13.1. The van der Waals surface area contributed by atoms with E-state index < -0.39 is 0 Å². The van der Waals surface area contributed by atoms with Gasteiger partial charge < -0.3 is 16.0 Å². The Kier molecular flexibility index (Phi) is 5.85. The number of nitrogens with zero attached hydrogens (tertiary/aromatic N) is 1. The van der Waals surface area contributed by atoms with Gasteiger partial charge in [-0.2, -0.15) is 0 Å². The second kappa shape index (κ2) is 7.41. The molecular weight excluding hydrogens is 250 g/mol. The van der Waals surface area contributed by atoms with Gasteiger partial charge in [-0.3, -0.25) is 4.79 Å². The molecule has 0 aromatic rings. The van der Waals surface area contributed by atoms with E-state index in [0.717, 1.165) is 38.6 Å². The third-order valence-corrected chi connectivity index (χ3v) is 5.18. The minimum atomic E-state index is 0.242. The maximum atomic E-state index is 12.1. The van der Waals surface area contributed by atoms with Crippen LogP contribution in [0, 0.1) is 5.92 Å². The largest absolute Gasteiger partial charge is 0.353 e. The van der Waals surface area contributed by atoms with E-state index in [9.17, 15) is 4.79 Å². The SMILES string of the molecule is CC1CC(NC(=O)CCC2CCCC(N)C2)CCN1C. The molecule has 4 atom stereocenters. The quantitative estimate of drug-likeness (QED) is 0.827. The van der Waals surface area contributed by atoms with Crippen LogP contribution in [0.25, 0.3) is 0 Å². The van der Waals surface area contributed by atoms with Crippen LogP contribution in [-0.2, 0) is 4.79 Å². The fourth-order valence-corrected chi connectivity index (χ4v) is 3.65. The molecule has 2 aliphatic rings. The smallest absolute Gasteiger partial charge is 0.220 e. The molecule has 1 amide bonds. The van der Waals surface area contributed by atoms with Crippen molar-refractivity contribution in [3.05, 3.63) is 0 Å². The van der Waals surface area contributed by atoms with Crippen molar-refractivity contribution in [2.45, 2.75) is 76.4 Å². The van der Waals surface area contributed by atoms with Crippen LogP contribution < -0.4 is 11.1 Å². The molecule has 1 aliphatic heterocycles. The summed E-state index contributed by atoms with van der Waals surface area (Å²) in [7, 11) is 2.16. The highest BCUT2D eigenvalue weighted by Gasteiger charge is 2.24. The zero-order valence-corrected chi connectivity index (χ0v) is 13.1. The van der Waals surface area contributed by atoms with Crippen molar-refractivity contribution >= 4 is 5.91 Å². The number of nitrogens with two attached hydrogens (primary N) is 1. The van der Waals surface area contributed by atoms with Crippen molar-refractivity contribution in [3.63, 3.8) is 0 Å². The number of hydrogen-bond donors (Lipinski definition) is 2. The lowest BCUT2D eigenvalue weighted by Crippen LogP contribution is -2.47. The molecular formula is C16H31N3O. The molecule has 4 nitrogen and oxygen atoms in total. The number of rotatable bonds is 4. The van der Waals surface area contributed by atoms with Gasteiger partial charge in [-0.05, 0) is 52.0 Å². The molecule has 4 heteroatoms. The molecule has 1 saturated carbocycles. The summed E-state index contributed by atoms with van der Waals surface area (Å²) in [6.45, 7) is 3.32. The standard InChI is InChI=1S/C16H31N3O/c1-12-10-15(8-9-19(12)2)18-16(20)7-6-13-4-3-5-14(17)11-13/h12-15H,3-11,17H2,1-2H3,(H,18,20). The highest BCUT2D eigenvalue weighted by atomic mass is 16.1. The van der Waals surface area contributed by atoms with E-state index in [-0.39, 0.29) is 5.91 Å². The molecule has 4 unspecified atom stereocenters. The first-order valence-corrected chi connectivity index (χ1v) is 8.29. The summed E-state index contributed by atoms with van der Waals surface area (Å²) >= 11 is 0. The van der Waals surface area contributed by atoms with Crippen LogP contribution in [-0.4, -0.2) is 42.5 Å². The van der Waals surface area contributed by atoms with Gasteiger partial charge in [-0.25, -0.2) is 0 Å². The van der Waals surface area contributed by atoms with Gasteiger partial charge in [0.2, 0.25) is 5.91 Å². The van der Waals surface area contributed by atoms with Crippen molar-refractivity contribution < 1.29 is 4.79 Å². The fourth-order valence-electron chi connectivity index (χ4n) is 3.65. The summed E-state index contributed by atoms with van der Waals surface area (Å²) in [6, 6.07) is 1.32. The molecule has 0 aromatic carbocycles. The Labute approximate surface area is 123 Å². The summed E-state index contributed by atoms with van der Waals surface area (Å²) in [5, 5.41) is 3.22. The van der Waals surface area contributed by atoms with Gasteiger partial charge in [0.05, 0.1) is 0 Å². The third kappa shape index (κ3) is 4.74. The number of hydrogen-bond acceptors (Lipinski definition) is 3. The molecule has 1 heterocycles. The lowest BCUT2D eigenvalue weighted by Gasteiger charge is -2.35. The third-order valence-electron chi connectivity index (χ3n) is 5.18. The lowest BCUT2D eigenvalue weighted by molar-refractivity contribution is -0.122. The highest BCUT2D eigenvalue weighted by Crippen LogP contribution is 2.26. The highest BCUT2D eigenvalue weighted by molar-refractivity contribution is 5.76. The molecule has 0 radical (unpaired) electrons. The van der Waals surface area contributed by atoms with Crippen molar-refractivity contribution in [1.82, 2.24) is 10.2 Å². The van der Waals surface area contributed by atoms with E-state index in [4.69, 9.17) is 5.73 Å². The number of carbonyl (C=O) groups is 1. The molecule has 0 bridgehead atoms. The van der Waals surface area contributed by atoms with Crippen LogP contribution in [0.4, 0.5) is 0 Å². The predicted octanol–water partition coefficient (Wildman–Crippen LogP) is 1.88. The van der Waals surface area contributed by atoms with Gasteiger partial charge in [-0.15, -0.1) is 0 Å². The van der Waals surface area contributed by atoms with Gasteiger partial charge in [-0.1, -0.05) is 12.8 Å². The molecule has 0 spiro atoms. The molecule has 2 rings (SSSR count). The normalized spacial score (nSPS) is 35.8. The lowest BCUT2D eigenvalue weighted by atomic mass is 9.83. The van der Waals surface area contributed by atoms with E-state index in [1.165, 1.54) is 12.8 Å². The Bertz CT molecular complexity index is 321. The van der Waals surface area contributed by atoms with Crippen molar-refractivity contribution in [3.8, 4) is 0 Å². The number of nitrogens with one attached hydrogen (secondary N) is 1. The molecule has 1 aliphatic carbocycles. The summed E-state index contributed by atoms with van der Waals surface area (Å²) in [5.74, 6) is 0.909. The van der Waals surface area contributed by atoms with Crippen LogP contribution in [0.5, 0.6) is 0 Å². The molecule has 20 heavy (non-hydrogen) atoms. The number of likely N-dealkylation sites (tertiary alicyclic amines) is 1. The Morgan fingerprint density at radius 1 is 1.30 bits per heavy atom. The monoisotopic (exact) mass is 281 g/mol. The molecule has 2 fully saturated rings. The van der Waals surface area contributed by atoms with E-state index >= 15 is 0 Å². The Morgan fingerprint density at radius 3 is 2.80 bits per heavy atom. The first-order valence-electron chi connectivity index (χ1n) is 8.29. The minimum Gasteiger partial charge on any atom is -0.353 e. The topological polar surface area (TPSA) is 58.4 Å². The molecule has 116 valence electrons. The average Bonchev–Trinajstić information content (AvgIpc) is 2.41. The van der Waals surface area contributed by atoms with E-state index in [0.29, 0.717) is 30.5 Å². The summed E-state index contributed by atoms with van der Waals surface area (Å²) in [4.78, 5) is 14.4. The minimum absolute atomic E-state index is 0.242. The van der Waals surface area contributed by atoms with Crippen molar-refractivity contribution in [1.29, 1.82) is 0 Å². The zero-order chi connectivity index (χ0) is 14.5. The number of piperidine rings is 1. The van der Waals surface area contributed by atoms with Crippen LogP contribution in [0.2, 0.25) is 0 Å².